The number of carbonyl (C=O) groups excluding carboxylic acids is 2. The average Bonchev–Trinajstić information content (AvgIpc) is 3.18. The van der Waals surface area contributed by atoms with Gasteiger partial charge in [0, 0.05) is 19.0 Å². The largest absolute Gasteiger partial charge is 0.368 e. The SMILES string of the molecule is CN(CCCNC(=O)C1=NN(c2ccc(F)cc2)C(C(N)=O)C1)C1CCCCC1. The summed E-state index contributed by atoms with van der Waals surface area (Å²) in [4.78, 5) is 26.7. The topological polar surface area (TPSA) is 91.0 Å². The molecule has 0 bridgehead atoms. The van der Waals surface area contributed by atoms with Crippen molar-refractivity contribution < 1.29 is 14.0 Å². The zero-order valence-electron chi connectivity index (χ0n) is 16.9. The number of hydrogen-bond acceptors (Lipinski definition) is 5. The molecule has 2 aliphatic rings. The smallest absolute Gasteiger partial charge is 0.267 e. The summed E-state index contributed by atoms with van der Waals surface area (Å²) in [6.07, 6.45) is 7.45. The number of halogens is 1. The molecule has 1 saturated carbocycles. The normalized spacial score (nSPS) is 20.0. The Kier molecular flexibility index (Phi) is 7.19. The van der Waals surface area contributed by atoms with Crippen LogP contribution in [0.3, 0.4) is 0 Å². The zero-order valence-corrected chi connectivity index (χ0v) is 16.9. The first kappa shape index (κ1) is 21.2. The van der Waals surface area contributed by atoms with Crippen molar-refractivity contribution in [3.63, 3.8) is 0 Å². The fourth-order valence-electron chi connectivity index (χ4n) is 4.04. The Morgan fingerprint density at radius 3 is 2.59 bits per heavy atom. The van der Waals surface area contributed by atoms with Crippen molar-refractivity contribution in [2.24, 2.45) is 10.8 Å². The van der Waals surface area contributed by atoms with Gasteiger partial charge in [0.2, 0.25) is 5.91 Å². The Bertz CT molecular complexity index is 746. The van der Waals surface area contributed by atoms with E-state index in [9.17, 15) is 14.0 Å². The molecule has 0 saturated heterocycles. The quantitative estimate of drug-likeness (QED) is 0.650. The van der Waals surface area contributed by atoms with Crippen LogP contribution in [0.15, 0.2) is 29.4 Å². The lowest BCUT2D eigenvalue weighted by Gasteiger charge is -2.31. The first-order chi connectivity index (χ1) is 14.0. The number of anilines is 1. The molecule has 0 aromatic heterocycles. The number of carbonyl (C=O) groups is 2. The van der Waals surface area contributed by atoms with Gasteiger partial charge >= 0.3 is 0 Å². The van der Waals surface area contributed by atoms with Gasteiger partial charge in [-0.3, -0.25) is 14.6 Å². The third-order valence-corrected chi connectivity index (χ3v) is 5.76. The molecule has 1 atom stereocenters. The molecule has 1 aromatic rings. The second kappa shape index (κ2) is 9.82. The summed E-state index contributed by atoms with van der Waals surface area (Å²) in [5.41, 5.74) is 6.26. The summed E-state index contributed by atoms with van der Waals surface area (Å²) in [7, 11) is 2.15. The maximum atomic E-state index is 13.2. The van der Waals surface area contributed by atoms with Crippen LogP contribution in [0.1, 0.15) is 44.9 Å². The molecule has 1 aliphatic carbocycles. The predicted octanol–water partition coefficient (Wildman–Crippen LogP) is 2.02. The van der Waals surface area contributed by atoms with Gasteiger partial charge in [0.15, 0.2) is 0 Å². The molecule has 1 heterocycles. The third kappa shape index (κ3) is 5.53. The van der Waals surface area contributed by atoms with Crippen molar-refractivity contribution in [1.29, 1.82) is 0 Å². The van der Waals surface area contributed by atoms with Gasteiger partial charge in [0.25, 0.3) is 5.91 Å². The van der Waals surface area contributed by atoms with Crippen LogP contribution in [0, 0.1) is 5.82 Å². The maximum absolute atomic E-state index is 13.2. The fraction of sp³-hybridized carbons (Fsp3) is 0.571. The molecule has 7 nitrogen and oxygen atoms in total. The monoisotopic (exact) mass is 403 g/mol. The lowest BCUT2D eigenvalue weighted by atomic mass is 9.94. The Balaban J connectivity index is 1.51. The fourth-order valence-corrected chi connectivity index (χ4v) is 4.04. The Hall–Kier alpha value is -2.48. The Labute approximate surface area is 171 Å². The van der Waals surface area contributed by atoms with E-state index >= 15 is 0 Å². The highest BCUT2D eigenvalue weighted by Crippen LogP contribution is 2.25. The minimum atomic E-state index is -0.751. The number of benzene rings is 1. The molecule has 1 unspecified atom stereocenters. The van der Waals surface area contributed by atoms with E-state index in [2.05, 4.69) is 22.4 Å². The first-order valence-electron chi connectivity index (χ1n) is 10.4. The van der Waals surface area contributed by atoms with Crippen molar-refractivity contribution in [1.82, 2.24) is 10.2 Å². The molecule has 1 fully saturated rings. The van der Waals surface area contributed by atoms with Crippen LogP contribution in [-0.2, 0) is 9.59 Å². The molecular formula is C21H30FN5O2. The highest BCUT2D eigenvalue weighted by molar-refractivity contribution is 6.40. The molecule has 29 heavy (non-hydrogen) atoms. The number of nitrogens with one attached hydrogen (secondary N) is 1. The van der Waals surface area contributed by atoms with Crippen molar-refractivity contribution in [3.05, 3.63) is 30.1 Å². The summed E-state index contributed by atoms with van der Waals surface area (Å²) in [6, 6.07) is 5.49. The number of rotatable bonds is 8. The lowest BCUT2D eigenvalue weighted by molar-refractivity contribution is -0.119. The second-order valence-corrected chi connectivity index (χ2v) is 7.87. The number of primary amides is 1. The summed E-state index contributed by atoms with van der Waals surface area (Å²) in [5.74, 6) is -1.25. The third-order valence-electron chi connectivity index (χ3n) is 5.76. The van der Waals surface area contributed by atoms with E-state index in [0.29, 0.717) is 18.3 Å². The van der Waals surface area contributed by atoms with Crippen LogP contribution in [-0.4, -0.2) is 54.6 Å². The van der Waals surface area contributed by atoms with Crippen LogP contribution >= 0.6 is 0 Å². The van der Waals surface area contributed by atoms with E-state index in [-0.39, 0.29) is 23.9 Å². The van der Waals surface area contributed by atoms with Crippen molar-refractivity contribution in [2.75, 3.05) is 25.1 Å². The molecule has 0 radical (unpaired) electrons. The van der Waals surface area contributed by atoms with Gasteiger partial charge in [0.1, 0.15) is 17.6 Å². The van der Waals surface area contributed by atoms with E-state index in [4.69, 9.17) is 5.73 Å². The highest BCUT2D eigenvalue weighted by atomic mass is 19.1. The number of amides is 2. The summed E-state index contributed by atoms with van der Waals surface area (Å²) in [6.45, 7) is 1.48. The van der Waals surface area contributed by atoms with E-state index in [1.807, 2.05) is 0 Å². The zero-order chi connectivity index (χ0) is 20.8. The van der Waals surface area contributed by atoms with Crippen LogP contribution in [0.4, 0.5) is 10.1 Å². The van der Waals surface area contributed by atoms with Gasteiger partial charge in [-0.15, -0.1) is 0 Å². The number of hydrogen-bond donors (Lipinski definition) is 2. The molecular weight excluding hydrogens is 373 g/mol. The van der Waals surface area contributed by atoms with Gasteiger partial charge < -0.3 is 16.0 Å². The molecule has 158 valence electrons. The second-order valence-electron chi connectivity index (χ2n) is 7.87. The van der Waals surface area contributed by atoms with Crippen LogP contribution in [0.5, 0.6) is 0 Å². The van der Waals surface area contributed by atoms with Crippen LogP contribution < -0.4 is 16.1 Å². The minimum absolute atomic E-state index is 0.139. The van der Waals surface area contributed by atoms with E-state index < -0.39 is 11.9 Å². The van der Waals surface area contributed by atoms with Gasteiger partial charge in [-0.1, -0.05) is 19.3 Å². The summed E-state index contributed by atoms with van der Waals surface area (Å²) in [5, 5.41) is 8.57. The standard InChI is InChI=1S/C21H30FN5O2/c1-26(16-6-3-2-4-7-16)13-5-12-24-21(29)18-14-19(20(23)28)27(25-18)17-10-8-15(22)9-11-17/h8-11,16,19H,2-7,12-14H2,1H3,(H2,23,28)(H,24,29). The van der Waals surface area contributed by atoms with E-state index in [0.717, 1.165) is 13.0 Å². The first-order valence-corrected chi connectivity index (χ1v) is 10.4. The molecule has 1 aromatic carbocycles. The molecule has 3 N–H and O–H groups in total. The summed E-state index contributed by atoms with van der Waals surface area (Å²) < 4.78 is 13.2. The predicted molar refractivity (Wildman–Crippen MR) is 111 cm³/mol. The minimum Gasteiger partial charge on any atom is -0.368 e. The summed E-state index contributed by atoms with van der Waals surface area (Å²) >= 11 is 0. The van der Waals surface area contributed by atoms with Gasteiger partial charge in [-0.05, 0) is 57.1 Å². The van der Waals surface area contributed by atoms with Crippen molar-refractivity contribution >= 4 is 23.2 Å². The molecule has 1 aliphatic heterocycles. The van der Waals surface area contributed by atoms with E-state index in [1.165, 1.54) is 61.4 Å². The number of nitrogens with zero attached hydrogens (tertiary/aromatic N) is 3. The van der Waals surface area contributed by atoms with E-state index in [1.54, 1.807) is 0 Å². The highest BCUT2D eigenvalue weighted by Gasteiger charge is 2.34. The molecule has 8 heteroatoms. The van der Waals surface area contributed by atoms with Crippen LogP contribution in [0.25, 0.3) is 0 Å². The average molecular weight is 404 g/mol. The van der Waals surface area contributed by atoms with Crippen molar-refractivity contribution in [3.8, 4) is 0 Å². The van der Waals surface area contributed by atoms with Gasteiger partial charge in [0.05, 0.1) is 5.69 Å². The maximum Gasteiger partial charge on any atom is 0.267 e. The van der Waals surface area contributed by atoms with Crippen LogP contribution in [0.2, 0.25) is 0 Å². The molecule has 3 rings (SSSR count). The van der Waals surface area contributed by atoms with Crippen molar-refractivity contribution in [2.45, 2.75) is 57.0 Å². The van der Waals surface area contributed by atoms with Gasteiger partial charge in [-0.2, -0.15) is 5.10 Å². The Morgan fingerprint density at radius 2 is 1.93 bits per heavy atom. The van der Waals surface area contributed by atoms with Gasteiger partial charge in [-0.25, -0.2) is 4.39 Å². The number of nitrogens with two attached hydrogens (primary N) is 1. The lowest BCUT2D eigenvalue weighted by Crippen LogP contribution is -2.40. The Morgan fingerprint density at radius 1 is 1.24 bits per heavy atom. The molecule has 0 spiro atoms. The molecule has 2 amide bonds. The number of hydrazone groups is 1.